The van der Waals surface area contributed by atoms with Crippen molar-refractivity contribution in [1.82, 2.24) is 34.9 Å². The Hall–Kier alpha value is -2.20. The Morgan fingerprint density at radius 2 is 2.33 bits per heavy atom. The van der Waals surface area contributed by atoms with Crippen LogP contribution in [0.4, 0.5) is 5.95 Å². The predicted molar refractivity (Wildman–Crippen MR) is 64.6 cm³/mol. The number of hydrogen-bond acceptors (Lipinski definition) is 8. The van der Waals surface area contributed by atoms with Gasteiger partial charge in [0, 0.05) is 7.05 Å². The molecule has 0 fully saturated rings. The molecule has 0 saturated carbocycles. The van der Waals surface area contributed by atoms with Gasteiger partial charge < -0.3 is 0 Å². The maximum atomic E-state index is 5.33. The lowest BCUT2D eigenvalue weighted by atomic mass is 10.4. The van der Waals surface area contributed by atoms with Crippen LogP contribution in [0.15, 0.2) is 22.7 Å². The third-order valence-corrected chi connectivity index (χ3v) is 3.32. The SMILES string of the molecule is Cn1ncnc1Sc1nc(NN)nc2[nH]ncc12. The van der Waals surface area contributed by atoms with Crippen molar-refractivity contribution in [3.8, 4) is 0 Å². The lowest BCUT2D eigenvalue weighted by Gasteiger charge is -2.03. The molecule has 18 heavy (non-hydrogen) atoms. The van der Waals surface area contributed by atoms with Crippen LogP contribution in [0.25, 0.3) is 11.0 Å². The minimum absolute atomic E-state index is 0.316. The van der Waals surface area contributed by atoms with Crippen LogP contribution in [0.1, 0.15) is 0 Å². The summed E-state index contributed by atoms with van der Waals surface area (Å²) >= 11 is 1.37. The van der Waals surface area contributed by atoms with E-state index in [0.717, 1.165) is 10.5 Å². The van der Waals surface area contributed by atoms with Crippen molar-refractivity contribution >= 4 is 28.7 Å². The highest BCUT2D eigenvalue weighted by atomic mass is 32.2. The van der Waals surface area contributed by atoms with E-state index in [4.69, 9.17) is 5.84 Å². The molecule has 3 aromatic rings. The molecule has 9 nitrogen and oxygen atoms in total. The maximum absolute atomic E-state index is 5.33. The Balaban J connectivity index is 2.10. The summed E-state index contributed by atoms with van der Waals surface area (Å²) in [6.07, 6.45) is 3.15. The van der Waals surface area contributed by atoms with Gasteiger partial charge in [-0.15, -0.1) is 0 Å². The molecule has 0 atom stereocenters. The lowest BCUT2D eigenvalue weighted by Crippen LogP contribution is -2.11. The van der Waals surface area contributed by atoms with Gasteiger partial charge in [0.15, 0.2) is 10.8 Å². The highest BCUT2D eigenvalue weighted by Gasteiger charge is 2.12. The number of aromatic amines is 1. The van der Waals surface area contributed by atoms with Gasteiger partial charge >= 0.3 is 0 Å². The number of nitrogen functional groups attached to an aromatic ring is 1. The first-order chi connectivity index (χ1) is 8.78. The zero-order chi connectivity index (χ0) is 12.5. The van der Waals surface area contributed by atoms with Crippen molar-refractivity contribution in [2.75, 3.05) is 5.43 Å². The number of aryl methyl sites for hydroxylation is 1. The summed E-state index contributed by atoms with van der Waals surface area (Å²) in [5.74, 6) is 5.65. The molecule has 0 radical (unpaired) electrons. The number of aromatic nitrogens is 7. The third-order valence-electron chi connectivity index (χ3n) is 2.26. The molecule has 0 amide bonds. The minimum atomic E-state index is 0.316. The number of hydrazine groups is 1. The van der Waals surface area contributed by atoms with Crippen molar-refractivity contribution in [2.24, 2.45) is 12.9 Å². The van der Waals surface area contributed by atoms with Gasteiger partial charge in [0.2, 0.25) is 5.95 Å². The van der Waals surface area contributed by atoms with Crippen LogP contribution in [-0.2, 0) is 7.05 Å². The highest BCUT2D eigenvalue weighted by molar-refractivity contribution is 7.99. The number of rotatable bonds is 3. The van der Waals surface area contributed by atoms with Gasteiger partial charge in [-0.1, -0.05) is 0 Å². The van der Waals surface area contributed by atoms with Crippen LogP contribution in [-0.4, -0.2) is 34.9 Å². The molecule has 0 aromatic carbocycles. The van der Waals surface area contributed by atoms with Gasteiger partial charge in [0.1, 0.15) is 11.4 Å². The van der Waals surface area contributed by atoms with Crippen molar-refractivity contribution in [1.29, 1.82) is 0 Å². The van der Waals surface area contributed by atoms with Gasteiger partial charge in [-0.25, -0.2) is 20.5 Å². The molecule has 3 rings (SSSR count). The van der Waals surface area contributed by atoms with Crippen molar-refractivity contribution in [2.45, 2.75) is 10.2 Å². The summed E-state index contributed by atoms with van der Waals surface area (Å²) in [4.78, 5) is 12.6. The van der Waals surface area contributed by atoms with Crippen molar-refractivity contribution in [3.63, 3.8) is 0 Å². The number of nitrogens with zero attached hydrogens (tertiary/aromatic N) is 6. The van der Waals surface area contributed by atoms with E-state index in [1.807, 2.05) is 7.05 Å². The number of anilines is 1. The summed E-state index contributed by atoms with van der Waals surface area (Å²) in [7, 11) is 1.81. The minimum Gasteiger partial charge on any atom is -0.292 e. The number of H-pyrrole nitrogens is 1. The smallest absolute Gasteiger partial charge is 0.240 e. The zero-order valence-electron chi connectivity index (χ0n) is 9.32. The van der Waals surface area contributed by atoms with Crippen molar-refractivity contribution < 1.29 is 0 Å². The Morgan fingerprint density at radius 3 is 3.06 bits per heavy atom. The maximum Gasteiger partial charge on any atom is 0.240 e. The quantitative estimate of drug-likeness (QED) is 0.340. The first-order valence-corrected chi connectivity index (χ1v) is 5.79. The van der Waals surface area contributed by atoms with E-state index in [1.54, 1.807) is 10.9 Å². The Labute approximate surface area is 105 Å². The Bertz CT molecular complexity index is 687. The molecule has 0 aliphatic heterocycles. The number of hydrogen-bond donors (Lipinski definition) is 3. The molecular weight excluding hydrogens is 254 g/mol. The van der Waals surface area contributed by atoms with Crippen LogP contribution in [0.3, 0.4) is 0 Å². The van der Waals surface area contributed by atoms with Crippen molar-refractivity contribution in [3.05, 3.63) is 12.5 Å². The molecule has 10 heteroatoms. The van der Waals surface area contributed by atoms with Gasteiger partial charge in [-0.3, -0.25) is 10.5 Å². The molecule has 0 aliphatic carbocycles. The molecule has 0 unspecified atom stereocenters. The standard InChI is InChI=1S/C8H9N9S/c1-17-8(10-3-12-17)18-6-4-2-11-16-5(4)13-7(14-6)15-9/h2-3H,9H2,1H3,(H2,11,13,14,15,16). The zero-order valence-corrected chi connectivity index (χ0v) is 10.1. The van der Waals surface area contributed by atoms with Crippen LogP contribution in [0.5, 0.6) is 0 Å². The molecule has 0 bridgehead atoms. The molecule has 0 aliphatic rings. The largest absolute Gasteiger partial charge is 0.292 e. The summed E-state index contributed by atoms with van der Waals surface area (Å²) in [5.41, 5.74) is 3.03. The van der Waals surface area contributed by atoms with Gasteiger partial charge in [0.05, 0.1) is 11.6 Å². The fourth-order valence-corrected chi connectivity index (χ4v) is 2.26. The topological polar surface area (TPSA) is 123 Å². The number of nitrogens with one attached hydrogen (secondary N) is 2. The van der Waals surface area contributed by atoms with Crippen LogP contribution < -0.4 is 11.3 Å². The molecule has 0 spiro atoms. The van der Waals surface area contributed by atoms with Crippen LogP contribution in [0.2, 0.25) is 0 Å². The normalized spacial score (nSPS) is 11.0. The molecule has 3 heterocycles. The molecule has 92 valence electrons. The summed E-state index contributed by atoms with van der Waals surface area (Å²) < 4.78 is 1.66. The van der Waals surface area contributed by atoms with Crippen LogP contribution in [0, 0.1) is 0 Å². The lowest BCUT2D eigenvalue weighted by molar-refractivity contribution is 0.685. The van der Waals surface area contributed by atoms with E-state index in [9.17, 15) is 0 Å². The molecule has 0 saturated heterocycles. The molecule has 3 aromatic heterocycles. The fraction of sp³-hybridized carbons (Fsp3) is 0.125. The fourth-order valence-electron chi connectivity index (χ4n) is 1.42. The second kappa shape index (κ2) is 4.23. The van der Waals surface area contributed by atoms with Gasteiger partial charge in [0.25, 0.3) is 0 Å². The second-order valence-electron chi connectivity index (χ2n) is 3.40. The molecule has 4 N–H and O–H groups in total. The van der Waals surface area contributed by atoms with E-state index >= 15 is 0 Å². The van der Waals surface area contributed by atoms with E-state index in [2.05, 4.69) is 35.7 Å². The van der Waals surface area contributed by atoms with Gasteiger partial charge in [-0.2, -0.15) is 15.2 Å². The van der Waals surface area contributed by atoms with Gasteiger partial charge in [-0.05, 0) is 11.8 Å². The second-order valence-corrected chi connectivity index (χ2v) is 4.35. The summed E-state index contributed by atoms with van der Waals surface area (Å²) in [5, 5.41) is 12.9. The van der Waals surface area contributed by atoms with E-state index in [-0.39, 0.29) is 0 Å². The average molecular weight is 263 g/mol. The monoisotopic (exact) mass is 263 g/mol. The summed E-state index contributed by atoms with van der Waals surface area (Å²) in [6, 6.07) is 0. The molecular formula is C8H9N9S. The highest BCUT2D eigenvalue weighted by Crippen LogP contribution is 2.29. The van der Waals surface area contributed by atoms with E-state index in [0.29, 0.717) is 16.6 Å². The van der Waals surface area contributed by atoms with E-state index < -0.39 is 0 Å². The summed E-state index contributed by atoms with van der Waals surface area (Å²) in [6.45, 7) is 0. The average Bonchev–Trinajstić information content (AvgIpc) is 2.98. The van der Waals surface area contributed by atoms with E-state index in [1.165, 1.54) is 18.1 Å². The number of nitrogens with two attached hydrogens (primary N) is 1. The Kier molecular flexibility index (Phi) is 2.57. The third kappa shape index (κ3) is 1.76. The first kappa shape index (κ1) is 10.9. The predicted octanol–water partition coefficient (Wildman–Crippen LogP) is -0.0818. The van der Waals surface area contributed by atoms with Crippen LogP contribution >= 0.6 is 11.8 Å². The first-order valence-electron chi connectivity index (χ1n) is 4.97. The number of fused-ring (bicyclic) bond motifs is 1. The Morgan fingerprint density at radius 1 is 1.44 bits per heavy atom.